The van der Waals surface area contributed by atoms with Crippen molar-refractivity contribution < 1.29 is 4.74 Å². The van der Waals surface area contributed by atoms with E-state index in [1.54, 1.807) is 0 Å². The van der Waals surface area contributed by atoms with Crippen molar-refractivity contribution in [1.29, 1.82) is 0 Å². The fraction of sp³-hybridized carbons (Fsp3) is 0.143. The molecule has 0 unspecified atom stereocenters. The summed E-state index contributed by atoms with van der Waals surface area (Å²) in [5.41, 5.74) is 0.510. The molecule has 0 fully saturated rings. The molecule has 0 saturated heterocycles. The molecule has 5 heteroatoms. The molecular weight excluding hydrogens is 242 g/mol. The van der Waals surface area contributed by atoms with Crippen LogP contribution in [0.2, 0.25) is 0 Å². The smallest absolute Gasteiger partial charge is 0.0928 e. The number of hydrogen-bond donors (Lipinski definition) is 0. The molecule has 0 heterocycles. The van der Waals surface area contributed by atoms with Crippen molar-refractivity contribution in [2.45, 2.75) is 0 Å². The summed E-state index contributed by atoms with van der Waals surface area (Å²) < 4.78 is 4.75. The van der Waals surface area contributed by atoms with E-state index in [0.29, 0.717) is 15.6 Å². The van der Waals surface area contributed by atoms with Gasteiger partial charge in [-0.1, -0.05) is 46.4 Å². The summed E-state index contributed by atoms with van der Waals surface area (Å²) in [5.74, 6) is 0. The molecule has 0 amide bonds. The van der Waals surface area contributed by atoms with Gasteiger partial charge in [0.2, 0.25) is 0 Å². The third-order valence-corrected chi connectivity index (χ3v) is 3.12. The third-order valence-electron chi connectivity index (χ3n) is 1.29. The number of halogens is 4. The van der Waals surface area contributed by atoms with Crippen LogP contribution < -0.4 is 0 Å². The molecule has 0 aromatic rings. The fourth-order valence-electron chi connectivity index (χ4n) is 0.747. The lowest BCUT2D eigenvalue weighted by Gasteiger charge is -1.96. The predicted octanol–water partition coefficient (Wildman–Crippen LogP) is 3.91. The van der Waals surface area contributed by atoms with Crippen LogP contribution in [0.1, 0.15) is 0 Å². The lowest BCUT2D eigenvalue weighted by Crippen LogP contribution is -1.80. The van der Waals surface area contributed by atoms with Crippen molar-refractivity contribution in [2.75, 3.05) is 7.11 Å². The Morgan fingerprint density at radius 1 is 0.917 bits per heavy atom. The highest BCUT2D eigenvalue weighted by atomic mass is 35.5. The maximum absolute atomic E-state index is 5.79. The molecule has 1 aliphatic rings. The Morgan fingerprint density at radius 2 is 1.33 bits per heavy atom. The molecule has 1 nitrogen and oxygen atoms in total. The zero-order valence-corrected chi connectivity index (χ0v) is 9.02. The Kier molecular flexibility index (Phi) is 3.36. The lowest BCUT2D eigenvalue weighted by atomic mass is 10.3. The van der Waals surface area contributed by atoms with Gasteiger partial charge in [-0.05, 0) is 0 Å². The molecule has 66 valence electrons. The molecule has 0 saturated carbocycles. The zero-order chi connectivity index (χ0) is 9.30. The SMILES string of the molecule is COC=C1C(Cl)=C(Cl)C(Cl)=C1Cl. The van der Waals surface area contributed by atoms with Gasteiger partial charge in [0.25, 0.3) is 0 Å². The molecule has 1 aliphatic carbocycles. The van der Waals surface area contributed by atoms with Gasteiger partial charge in [0, 0.05) is 5.57 Å². The minimum Gasteiger partial charge on any atom is -0.504 e. The summed E-state index contributed by atoms with van der Waals surface area (Å²) in [4.78, 5) is 0. The Hall–Kier alpha value is 0.180. The van der Waals surface area contributed by atoms with E-state index in [1.165, 1.54) is 13.4 Å². The summed E-state index contributed by atoms with van der Waals surface area (Å²) in [6.07, 6.45) is 1.39. The molecule has 0 N–H and O–H groups in total. The van der Waals surface area contributed by atoms with E-state index in [9.17, 15) is 0 Å². The molecule has 0 radical (unpaired) electrons. The Morgan fingerprint density at radius 3 is 1.67 bits per heavy atom. The highest BCUT2D eigenvalue weighted by Gasteiger charge is 2.25. The first kappa shape index (κ1) is 10.3. The van der Waals surface area contributed by atoms with E-state index in [0.717, 1.165) is 0 Å². The van der Waals surface area contributed by atoms with Crippen LogP contribution in [0, 0.1) is 0 Å². The molecule has 0 bridgehead atoms. The first-order valence-electron chi connectivity index (χ1n) is 2.94. The van der Waals surface area contributed by atoms with Crippen LogP contribution in [0.3, 0.4) is 0 Å². The Balaban J connectivity index is 3.17. The van der Waals surface area contributed by atoms with Gasteiger partial charge in [-0.25, -0.2) is 0 Å². The van der Waals surface area contributed by atoms with Crippen molar-refractivity contribution in [3.8, 4) is 0 Å². The van der Waals surface area contributed by atoms with E-state index >= 15 is 0 Å². The molecule has 0 atom stereocenters. The van der Waals surface area contributed by atoms with Crippen LogP contribution in [-0.4, -0.2) is 7.11 Å². The van der Waals surface area contributed by atoms with Gasteiger partial charge in [0.05, 0.1) is 33.5 Å². The summed E-state index contributed by atoms with van der Waals surface area (Å²) >= 11 is 23.0. The van der Waals surface area contributed by atoms with Gasteiger partial charge in [0.15, 0.2) is 0 Å². The minimum atomic E-state index is 0.256. The van der Waals surface area contributed by atoms with Gasteiger partial charge in [-0.3, -0.25) is 0 Å². The summed E-state index contributed by atoms with van der Waals surface area (Å²) in [6.45, 7) is 0. The molecule has 0 aromatic carbocycles. The standard InChI is InChI=1S/C7H4Cl4O/c1-12-2-3-4(8)6(10)7(11)5(3)9/h2H,1H3. The second kappa shape index (κ2) is 3.93. The Labute approximate surface area is 90.2 Å². The molecule has 0 aromatic heterocycles. The van der Waals surface area contributed by atoms with Crippen LogP contribution in [0.4, 0.5) is 0 Å². The van der Waals surface area contributed by atoms with Gasteiger partial charge in [0.1, 0.15) is 0 Å². The van der Waals surface area contributed by atoms with Crippen LogP contribution in [0.5, 0.6) is 0 Å². The number of ether oxygens (including phenoxy) is 1. The van der Waals surface area contributed by atoms with Gasteiger partial charge >= 0.3 is 0 Å². The third kappa shape index (κ3) is 1.60. The molecule has 0 spiro atoms. The largest absolute Gasteiger partial charge is 0.504 e. The van der Waals surface area contributed by atoms with Crippen LogP contribution in [-0.2, 0) is 4.74 Å². The quantitative estimate of drug-likeness (QED) is 0.637. The lowest BCUT2D eigenvalue weighted by molar-refractivity contribution is 0.336. The fourth-order valence-corrected chi connectivity index (χ4v) is 1.75. The highest BCUT2D eigenvalue weighted by molar-refractivity contribution is 6.55. The van der Waals surface area contributed by atoms with Crippen molar-refractivity contribution in [3.05, 3.63) is 32.0 Å². The first-order chi connectivity index (χ1) is 5.59. The van der Waals surface area contributed by atoms with Crippen LogP contribution in [0.15, 0.2) is 32.0 Å². The van der Waals surface area contributed by atoms with E-state index in [-0.39, 0.29) is 10.1 Å². The number of rotatable bonds is 1. The monoisotopic (exact) mass is 244 g/mol. The Bertz CT molecular complexity index is 275. The summed E-state index contributed by atoms with van der Waals surface area (Å²) in [7, 11) is 1.49. The second-order valence-corrected chi connectivity index (χ2v) is 3.54. The van der Waals surface area contributed by atoms with Gasteiger partial charge in [-0.2, -0.15) is 0 Å². The average Bonchev–Trinajstić information content (AvgIpc) is 2.23. The van der Waals surface area contributed by atoms with Gasteiger partial charge < -0.3 is 4.74 Å². The predicted molar refractivity (Wildman–Crippen MR) is 52.6 cm³/mol. The average molecular weight is 246 g/mol. The number of hydrogen-bond acceptors (Lipinski definition) is 1. The molecule has 0 aliphatic heterocycles. The van der Waals surface area contributed by atoms with E-state index < -0.39 is 0 Å². The van der Waals surface area contributed by atoms with Crippen molar-refractivity contribution in [2.24, 2.45) is 0 Å². The second-order valence-electron chi connectivity index (χ2n) is 2.02. The normalized spacial score (nSPS) is 17.6. The van der Waals surface area contributed by atoms with Crippen LogP contribution in [0.25, 0.3) is 0 Å². The first-order valence-corrected chi connectivity index (χ1v) is 4.45. The van der Waals surface area contributed by atoms with Crippen molar-refractivity contribution in [3.63, 3.8) is 0 Å². The van der Waals surface area contributed by atoms with E-state index in [2.05, 4.69) is 0 Å². The van der Waals surface area contributed by atoms with Gasteiger partial charge in [-0.15, -0.1) is 0 Å². The summed E-state index contributed by atoms with van der Waals surface area (Å²) in [5, 5.41) is 1.14. The maximum Gasteiger partial charge on any atom is 0.0928 e. The van der Waals surface area contributed by atoms with Crippen molar-refractivity contribution in [1.82, 2.24) is 0 Å². The summed E-state index contributed by atoms with van der Waals surface area (Å²) in [6, 6.07) is 0. The maximum atomic E-state index is 5.79. The zero-order valence-electron chi connectivity index (χ0n) is 6.00. The van der Waals surface area contributed by atoms with E-state index in [4.69, 9.17) is 51.1 Å². The van der Waals surface area contributed by atoms with Crippen LogP contribution >= 0.6 is 46.4 Å². The molecule has 1 rings (SSSR count). The van der Waals surface area contributed by atoms with E-state index in [1.807, 2.05) is 0 Å². The molecular formula is C7H4Cl4O. The minimum absolute atomic E-state index is 0.256. The topological polar surface area (TPSA) is 9.23 Å². The van der Waals surface area contributed by atoms with Crippen molar-refractivity contribution >= 4 is 46.4 Å². The molecule has 12 heavy (non-hydrogen) atoms. The number of methoxy groups -OCH3 is 1. The highest BCUT2D eigenvalue weighted by Crippen LogP contribution is 2.44. The number of allylic oxidation sites excluding steroid dienone is 5.